The van der Waals surface area contributed by atoms with Crippen LogP contribution >= 0.6 is 0 Å². The van der Waals surface area contributed by atoms with Gasteiger partial charge in [0.25, 0.3) is 0 Å². The maximum Gasteiger partial charge on any atom is 0.151 e. The summed E-state index contributed by atoms with van der Waals surface area (Å²) >= 11 is 0. The van der Waals surface area contributed by atoms with Crippen molar-refractivity contribution in [2.45, 2.75) is 25.4 Å². The third-order valence-electron chi connectivity index (χ3n) is 3.27. The molecular weight excluding hydrogens is 233 g/mol. The zero-order chi connectivity index (χ0) is 13.0. The van der Waals surface area contributed by atoms with E-state index < -0.39 is 0 Å². The molecule has 0 spiro atoms. The quantitative estimate of drug-likeness (QED) is 0.879. The summed E-state index contributed by atoms with van der Waals surface area (Å²) in [5, 5.41) is 9.38. The second-order valence-electron chi connectivity index (χ2n) is 4.85. The van der Waals surface area contributed by atoms with Gasteiger partial charge in [-0.25, -0.2) is 4.39 Å². The van der Waals surface area contributed by atoms with Gasteiger partial charge in [0.2, 0.25) is 0 Å². The number of nitrogens with zero attached hydrogens (tertiary/aromatic N) is 1. The van der Waals surface area contributed by atoms with E-state index in [0.29, 0.717) is 13.0 Å². The molecule has 0 radical (unpaired) electrons. The SMILES string of the molecule is O=C(Cc1ccc(F)cc1)CN1CCC(O)CC1. The number of ketones is 1. The average molecular weight is 251 g/mol. The van der Waals surface area contributed by atoms with E-state index in [1.165, 1.54) is 12.1 Å². The van der Waals surface area contributed by atoms with E-state index in [2.05, 4.69) is 4.90 Å². The third kappa shape index (κ3) is 3.89. The van der Waals surface area contributed by atoms with Crippen molar-refractivity contribution in [3.8, 4) is 0 Å². The predicted octanol–water partition coefficient (Wildman–Crippen LogP) is 1.39. The summed E-state index contributed by atoms with van der Waals surface area (Å²) in [7, 11) is 0. The van der Waals surface area contributed by atoms with Crippen LogP contribution in [0.2, 0.25) is 0 Å². The zero-order valence-electron chi connectivity index (χ0n) is 10.3. The van der Waals surface area contributed by atoms with Gasteiger partial charge in [0, 0.05) is 19.5 Å². The molecule has 1 saturated heterocycles. The predicted molar refractivity (Wildman–Crippen MR) is 66.8 cm³/mol. The van der Waals surface area contributed by atoms with Gasteiger partial charge in [-0.3, -0.25) is 9.69 Å². The van der Waals surface area contributed by atoms with Gasteiger partial charge in [-0.15, -0.1) is 0 Å². The molecule has 2 rings (SSSR count). The summed E-state index contributed by atoms with van der Waals surface area (Å²) in [6.45, 7) is 1.97. The molecule has 0 aromatic heterocycles. The first-order valence-electron chi connectivity index (χ1n) is 6.30. The molecule has 18 heavy (non-hydrogen) atoms. The van der Waals surface area contributed by atoms with Crippen molar-refractivity contribution in [1.82, 2.24) is 4.90 Å². The van der Waals surface area contributed by atoms with Crippen LogP contribution in [0, 0.1) is 5.82 Å². The Morgan fingerprint density at radius 3 is 2.50 bits per heavy atom. The van der Waals surface area contributed by atoms with Crippen LogP contribution in [-0.4, -0.2) is 41.5 Å². The number of halogens is 1. The van der Waals surface area contributed by atoms with E-state index in [1.54, 1.807) is 12.1 Å². The summed E-state index contributed by atoms with van der Waals surface area (Å²) in [6, 6.07) is 6.04. The fourth-order valence-corrected chi connectivity index (χ4v) is 2.21. The number of carbonyl (C=O) groups is 1. The lowest BCUT2D eigenvalue weighted by molar-refractivity contribution is -0.120. The molecule has 3 nitrogen and oxygen atoms in total. The van der Waals surface area contributed by atoms with Crippen molar-refractivity contribution in [2.75, 3.05) is 19.6 Å². The number of piperidine rings is 1. The third-order valence-corrected chi connectivity index (χ3v) is 3.27. The van der Waals surface area contributed by atoms with Crippen molar-refractivity contribution in [3.63, 3.8) is 0 Å². The Hall–Kier alpha value is -1.26. The van der Waals surface area contributed by atoms with Crippen molar-refractivity contribution >= 4 is 5.78 Å². The normalized spacial score (nSPS) is 17.9. The Labute approximate surface area is 106 Å². The van der Waals surface area contributed by atoms with E-state index in [-0.39, 0.29) is 17.7 Å². The molecule has 1 heterocycles. The first-order valence-corrected chi connectivity index (χ1v) is 6.30. The van der Waals surface area contributed by atoms with Crippen molar-refractivity contribution < 1.29 is 14.3 Å². The summed E-state index contributed by atoms with van der Waals surface area (Å²) in [6.07, 6.45) is 1.61. The van der Waals surface area contributed by atoms with E-state index in [9.17, 15) is 14.3 Å². The van der Waals surface area contributed by atoms with Gasteiger partial charge in [0.1, 0.15) is 5.82 Å². The number of hydrogen-bond donors (Lipinski definition) is 1. The first-order chi connectivity index (χ1) is 8.63. The van der Waals surface area contributed by atoms with Crippen LogP contribution in [0.3, 0.4) is 0 Å². The standard InChI is InChI=1S/C14H18FNO2/c15-12-3-1-11(2-4-12)9-14(18)10-16-7-5-13(17)6-8-16/h1-4,13,17H,5-10H2. The van der Waals surface area contributed by atoms with Gasteiger partial charge in [0.05, 0.1) is 12.6 Å². The van der Waals surface area contributed by atoms with Crippen LogP contribution < -0.4 is 0 Å². The molecule has 0 aliphatic carbocycles. The number of likely N-dealkylation sites (tertiary alicyclic amines) is 1. The van der Waals surface area contributed by atoms with Gasteiger partial charge in [0.15, 0.2) is 5.78 Å². The summed E-state index contributed by atoms with van der Waals surface area (Å²) in [4.78, 5) is 13.9. The molecule has 1 aliphatic rings. The first kappa shape index (κ1) is 13.2. The maximum absolute atomic E-state index is 12.7. The Morgan fingerprint density at radius 2 is 1.89 bits per heavy atom. The average Bonchev–Trinajstić information content (AvgIpc) is 2.35. The van der Waals surface area contributed by atoms with Gasteiger partial charge in [-0.2, -0.15) is 0 Å². The molecule has 0 unspecified atom stereocenters. The number of hydrogen-bond acceptors (Lipinski definition) is 3. The largest absolute Gasteiger partial charge is 0.393 e. The van der Waals surface area contributed by atoms with Crippen LogP contribution in [0.5, 0.6) is 0 Å². The second kappa shape index (κ2) is 6.07. The molecule has 98 valence electrons. The lowest BCUT2D eigenvalue weighted by atomic mass is 10.1. The summed E-state index contributed by atoms with van der Waals surface area (Å²) in [5.41, 5.74) is 0.846. The number of aliphatic hydroxyl groups is 1. The monoisotopic (exact) mass is 251 g/mol. The Morgan fingerprint density at radius 1 is 1.28 bits per heavy atom. The van der Waals surface area contributed by atoms with Gasteiger partial charge in [-0.05, 0) is 30.5 Å². The minimum Gasteiger partial charge on any atom is -0.393 e. The summed E-state index contributed by atoms with van der Waals surface area (Å²) < 4.78 is 12.7. The van der Waals surface area contributed by atoms with Crippen LogP contribution in [0.1, 0.15) is 18.4 Å². The molecule has 0 amide bonds. The highest BCUT2D eigenvalue weighted by atomic mass is 19.1. The molecule has 1 N–H and O–H groups in total. The highest BCUT2D eigenvalue weighted by Crippen LogP contribution is 2.10. The van der Waals surface area contributed by atoms with E-state index in [1.807, 2.05) is 0 Å². The second-order valence-corrected chi connectivity index (χ2v) is 4.85. The Kier molecular flexibility index (Phi) is 4.44. The van der Waals surface area contributed by atoms with Crippen LogP contribution in [0.15, 0.2) is 24.3 Å². The van der Waals surface area contributed by atoms with E-state index >= 15 is 0 Å². The highest BCUT2D eigenvalue weighted by molar-refractivity contribution is 5.82. The lowest BCUT2D eigenvalue weighted by Gasteiger charge is -2.28. The zero-order valence-corrected chi connectivity index (χ0v) is 10.3. The summed E-state index contributed by atoms with van der Waals surface area (Å²) in [5.74, 6) is -0.144. The smallest absolute Gasteiger partial charge is 0.151 e. The maximum atomic E-state index is 12.7. The van der Waals surface area contributed by atoms with Crippen LogP contribution in [0.25, 0.3) is 0 Å². The van der Waals surface area contributed by atoms with Gasteiger partial charge >= 0.3 is 0 Å². The molecule has 0 bridgehead atoms. The number of carbonyl (C=O) groups excluding carboxylic acids is 1. The minimum atomic E-state index is -0.281. The number of benzene rings is 1. The number of aliphatic hydroxyl groups excluding tert-OH is 1. The van der Waals surface area contributed by atoms with E-state index in [0.717, 1.165) is 31.5 Å². The minimum absolute atomic E-state index is 0.137. The molecule has 1 aromatic carbocycles. The van der Waals surface area contributed by atoms with E-state index in [4.69, 9.17) is 0 Å². The van der Waals surface area contributed by atoms with Crippen molar-refractivity contribution in [2.24, 2.45) is 0 Å². The molecule has 0 atom stereocenters. The fourth-order valence-electron chi connectivity index (χ4n) is 2.21. The molecule has 1 aliphatic heterocycles. The molecule has 1 fully saturated rings. The number of rotatable bonds is 4. The van der Waals surface area contributed by atoms with Crippen molar-refractivity contribution in [3.05, 3.63) is 35.6 Å². The molecule has 0 saturated carbocycles. The Balaban J connectivity index is 1.80. The topological polar surface area (TPSA) is 40.5 Å². The van der Waals surface area contributed by atoms with Crippen LogP contribution in [-0.2, 0) is 11.2 Å². The van der Waals surface area contributed by atoms with Gasteiger partial charge < -0.3 is 5.11 Å². The fraction of sp³-hybridized carbons (Fsp3) is 0.500. The molecule has 1 aromatic rings. The lowest BCUT2D eigenvalue weighted by Crippen LogP contribution is -2.39. The Bertz CT molecular complexity index is 397. The highest BCUT2D eigenvalue weighted by Gasteiger charge is 2.18. The number of Topliss-reactive ketones (excluding diaryl/α,β-unsaturated/α-hetero) is 1. The van der Waals surface area contributed by atoms with Crippen LogP contribution in [0.4, 0.5) is 4.39 Å². The molecule has 4 heteroatoms. The van der Waals surface area contributed by atoms with Gasteiger partial charge in [-0.1, -0.05) is 12.1 Å². The van der Waals surface area contributed by atoms with Crippen molar-refractivity contribution in [1.29, 1.82) is 0 Å². The molecular formula is C14H18FNO2.